The number of rotatable bonds is 4. The minimum atomic E-state index is -0.164. The molecule has 0 saturated carbocycles. The summed E-state index contributed by atoms with van der Waals surface area (Å²) in [4.78, 5) is 0. The summed E-state index contributed by atoms with van der Waals surface area (Å²) in [7, 11) is 0. The van der Waals surface area contributed by atoms with Gasteiger partial charge in [0, 0.05) is 0 Å². The second-order valence-corrected chi connectivity index (χ2v) is 5.12. The van der Waals surface area contributed by atoms with Crippen LogP contribution in [0.1, 0.15) is 17.5 Å². The van der Waals surface area contributed by atoms with E-state index in [9.17, 15) is 4.39 Å². The van der Waals surface area contributed by atoms with Gasteiger partial charge in [-0.25, -0.2) is 4.39 Å². The summed E-state index contributed by atoms with van der Waals surface area (Å²) in [6.07, 6.45) is 3.13. The van der Waals surface area contributed by atoms with Crippen molar-refractivity contribution in [2.75, 3.05) is 0 Å². The minimum Gasteiger partial charge on any atom is -0.207 e. The van der Waals surface area contributed by atoms with E-state index in [0.717, 1.165) is 19.3 Å². The van der Waals surface area contributed by atoms with E-state index < -0.39 is 0 Å². The third-order valence-electron chi connectivity index (χ3n) is 3.70. The van der Waals surface area contributed by atoms with Crippen molar-refractivity contribution in [1.82, 2.24) is 0 Å². The van der Waals surface area contributed by atoms with E-state index in [4.69, 9.17) is 0 Å². The number of fused-ring (bicyclic) bond motifs is 1. The Morgan fingerprint density at radius 2 is 1.45 bits per heavy atom. The fraction of sp³-hybridized carbons (Fsp3) is 0.158. The maximum atomic E-state index is 12.8. The molecule has 0 nitrogen and oxygen atoms in total. The highest BCUT2D eigenvalue weighted by atomic mass is 19.1. The van der Waals surface area contributed by atoms with E-state index in [1.165, 1.54) is 34.0 Å². The Bertz CT molecular complexity index is 693. The van der Waals surface area contributed by atoms with E-state index in [-0.39, 0.29) is 5.82 Å². The molecular formula is C19H17F. The van der Waals surface area contributed by atoms with Crippen LogP contribution in [-0.2, 0) is 12.8 Å². The van der Waals surface area contributed by atoms with Crippen molar-refractivity contribution in [1.29, 1.82) is 0 Å². The summed E-state index contributed by atoms with van der Waals surface area (Å²) >= 11 is 0. The molecule has 0 aromatic heterocycles. The summed E-state index contributed by atoms with van der Waals surface area (Å²) in [5.41, 5.74) is 2.59. The molecule has 0 atom stereocenters. The van der Waals surface area contributed by atoms with Gasteiger partial charge in [-0.2, -0.15) is 0 Å². The highest BCUT2D eigenvalue weighted by Crippen LogP contribution is 2.20. The van der Waals surface area contributed by atoms with Gasteiger partial charge in [0.15, 0.2) is 0 Å². The van der Waals surface area contributed by atoms with Crippen LogP contribution in [-0.4, -0.2) is 0 Å². The second kappa shape index (κ2) is 5.87. The Balaban J connectivity index is 1.69. The Labute approximate surface area is 118 Å². The molecule has 0 aliphatic carbocycles. The lowest BCUT2D eigenvalue weighted by atomic mass is 9.99. The summed E-state index contributed by atoms with van der Waals surface area (Å²) < 4.78 is 12.8. The second-order valence-electron chi connectivity index (χ2n) is 5.12. The molecule has 0 aliphatic rings. The first-order valence-electron chi connectivity index (χ1n) is 7.04. The zero-order chi connectivity index (χ0) is 13.8. The molecule has 3 rings (SSSR count). The van der Waals surface area contributed by atoms with Crippen molar-refractivity contribution in [2.24, 2.45) is 0 Å². The summed E-state index contributed by atoms with van der Waals surface area (Å²) in [5.74, 6) is -0.164. The number of hydrogen-bond donors (Lipinski definition) is 0. The highest BCUT2D eigenvalue weighted by molar-refractivity contribution is 5.85. The SMILES string of the molecule is Fc1ccc(CCCc2cccc3ccccc23)cc1. The Morgan fingerprint density at radius 1 is 0.700 bits per heavy atom. The zero-order valence-electron chi connectivity index (χ0n) is 11.4. The monoisotopic (exact) mass is 264 g/mol. The van der Waals surface area contributed by atoms with Gasteiger partial charge in [0.25, 0.3) is 0 Å². The van der Waals surface area contributed by atoms with Gasteiger partial charge in [-0.1, -0.05) is 54.6 Å². The van der Waals surface area contributed by atoms with Crippen LogP contribution in [0, 0.1) is 5.82 Å². The molecule has 20 heavy (non-hydrogen) atoms. The molecule has 3 aromatic rings. The average molecular weight is 264 g/mol. The molecule has 0 amide bonds. The molecule has 1 heteroatoms. The van der Waals surface area contributed by atoms with Gasteiger partial charge in [-0.05, 0) is 53.3 Å². The molecule has 0 N–H and O–H groups in total. The first kappa shape index (κ1) is 12.9. The lowest BCUT2D eigenvalue weighted by Gasteiger charge is -2.06. The first-order valence-corrected chi connectivity index (χ1v) is 7.04. The Kier molecular flexibility index (Phi) is 3.78. The van der Waals surface area contributed by atoms with Crippen LogP contribution >= 0.6 is 0 Å². The van der Waals surface area contributed by atoms with E-state index in [1.807, 2.05) is 12.1 Å². The van der Waals surface area contributed by atoms with Gasteiger partial charge in [0.05, 0.1) is 0 Å². The van der Waals surface area contributed by atoms with Crippen LogP contribution in [0.25, 0.3) is 10.8 Å². The van der Waals surface area contributed by atoms with Crippen molar-refractivity contribution in [3.8, 4) is 0 Å². The molecule has 0 spiro atoms. The molecule has 0 saturated heterocycles. The van der Waals surface area contributed by atoms with E-state index in [2.05, 4.69) is 42.5 Å². The van der Waals surface area contributed by atoms with Crippen molar-refractivity contribution in [3.63, 3.8) is 0 Å². The molecule has 3 aromatic carbocycles. The summed E-state index contributed by atoms with van der Waals surface area (Å²) in [6, 6.07) is 21.8. The van der Waals surface area contributed by atoms with Crippen LogP contribution in [0.4, 0.5) is 4.39 Å². The van der Waals surface area contributed by atoms with E-state index in [0.29, 0.717) is 0 Å². The lowest BCUT2D eigenvalue weighted by molar-refractivity contribution is 0.626. The molecule has 0 radical (unpaired) electrons. The van der Waals surface area contributed by atoms with Crippen molar-refractivity contribution in [3.05, 3.63) is 83.7 Å². The summed E-state index contributed by atoms with van der Waals surface area (Å²) in [6.45, 7) is 0. The maximum Gasteiger partial charge on any atom is 0.123 e. The number of hydrogen-bond acceptors (Lipinski definition) is 0. The van der Waals surface area contributed by atoms with Gasteiger partial charge in [-0.3, -0.25) is 0 Å². The summed E-state index contributed by atoms with van der Waals surface area (Å²) in [5, 5.41) is 2.64. The Hall–Kier alpha value is -2.15. The van der Waals surface area contributed by atoms with Gasteiger partial charge in [0.2, 0.25) is 0 Å². The first-order chi connectivity index (χ1) is 9.83. The smallest absolute Gasteiger partial charge is 0.123 e. The third kappa shape index (κ3) is 2.88. The predicted octanol–water partition coefficient (Wildman–Crippen LogP) is 5.15. The van der Waals surface area contributed by atoms with E-state index in [1.54, 1.807) is 0 Å². The lowest BCUT2D eigenvalue weighted by Crippen LogP contribution is -1.91. The van der Waals surface area contributed by atoms with Crippen LogP contribution in [0.15, 0.2) is 66.7 Å². The topological polar surface area (TPSA) is 0 Å². The molecule has 100 valence electrons. The molecule has 0 fully saturated rings. The third-order valence-corrected chi connectivity index (χ3v) is 3.70. The fourth-order valence-electron chi connectivity index (χ4n) is 2.64. The van der Waals surface area contributed by atoms with Gasteiger partial charge in [-0.15, -0.1) is 0 Å². The average Bonchev–Trinajstić information content (AvgIpc) is 2.49. The van der Waals surface area contributed by atoms with E-state index >= 15 is 0 Å². The molecule has 0 heterocycles. The number of aryl methyl sites for hydroxylation is 2. The Morgan fingerprint density at radius 3 is 2.30 bits per heavy atom. The quantitative estimate of drug-likeness (QED) is 0.611. The van der Waals surface area contributed by atoms with Crippen molar-refractivity contribution in [2.45, 2.75) is 19.3 Å². The molecule has 0 unspecified atom stereocenters. The van der Waals surface area contributed by atoms with Crippen LogP contribution in [0.2, 0.25) is 0 Å². The molecular weight excluding hydrogens is 247 g/mol. The predicted molar refractivity (Wildman–Crippen MR) is 82.4 cm³/mol. The number of benzene rings is 3. The molecule has 0 aliphatic heterocycles. The zero-order valence-corrected chi connectivity index (χ0v) is 11.4. The molecule has 0 bridgehead atoms. The van der Waals surface area contributed by atoms with Gasteiger partial charge in [0.1, 0.15) is 5.82 Å². The fourth-order valence-corrected chi connectivity index (χ4v) is 2.64. The highest BCUT2D eigenvalue weighted by Gasteiger charge is 2.01. The largest absolute Gasteiger partial charge is 0.207 e. The van der Waals surface area contributed by atoms with Crippen molar-refractivity contribution < 1.29 is 4.39 Å². The maximum absolute atomic E-state index is 12.8. The van der Waals surface area contributed by atoms with Crippen molar-refractivity contribution >= 4 is 10.8 Å². The normalized spacial score (nSPS) is 10.8. The van der Waals surface area contributed by atoms with Crippen LogP contribution in [0.5, 0.6) is 0 Å². The van der Waals surface area contributed by atoms with Gasteiger partial charge < -0.3 is 0 Å². The number of halogens is 1. The van der Waals surface area contributed by atoms with Crippen LogP contribution < -0.4 is 0 Å². The van der Waals surface area contributed by atoms with Crippen LogP contribution in [0.3, 0.4) is 0 Å². The van der Waals surface area contributed by atoms with Gasteiger partial charge >= 0.3 is 0 Å². The standard InChI is InChI=1S/C19H17F/c20-18-13-11-15(12-14-18)5-3-7-17-9-4-8-16-6-1-2-10-19(16)17/h1-2,4,6,8-14H,3,5,7H2. The minimum absolute atomic E-state index is 0.164.